The minimum atomic E-state index is -1.07. The number of aliphatic hydroxyl groups excluding tert-OH is 1. The number of carbonyl (C=O) groups is 2. The Balaban J connectivity index is 1.95. The predicted molar refractivity (Wildman–Crippen MR) is 135 cm³/mol. The molecule has 2 aromatic carbocycles. The average Bonchev–Trinajstić information content (AvgIpc) is 3.40. The van der Waals surface area contributed by atoms with Gasteiger partial charge in [-0.25, -0.2) is 0 Å². The van der Waals surface area contributed by atoms with Crippen LogP contribution in [0.1, 0.15) is 30.0 Å². The molecule has 36 heavy (non-hydrogen) atoms. The molecule has 0 aliphatic carbocycles. The molecule has 8 nitrogen and oxygen atoms in total. The van der Waals surface area contributed by atoms with Crippen molar-refractivity contribution in [1.29, 1.82) is 0 Å². The fraction of sp³-hybridized carbons (Fsp3) is 0.231. The molecule has 1 N–H and O–H groups in total. The lowest BCUT2D eigenvalue weighted by Crippen LogP contribution is -2.29. The summed E-state index contributed by atoms with van der Waals surface area (Å²) in [4.78, 5) is 27.9. The van der Waals surface area contributed by atoms with Crippen LogP contribution in [0.25, 0.3) is 5.76 Å². The number of ether oxygens (including phenoxy) is 3. The maximum absolute atomic E-state index is 13.3. The van der Waals surface area contributed by atoms with Gasteiger partial charge in [0.2, 0.25) is 0 Å². The number of ketones is 1. The first-order valence-electron chi connectivity index (χ1n) is 10.9. The van der Waals surface area contributed by atoms with Gasteiger partial charge in [-0.15, -0.1) is 0 Å². The van der Waals surface area contributed by atoms with E-state index < -0.39 is 23.5 Å². The minimum absolute atomic E-state index is 0.000171. The number of benzene rings is 2. The molecule has 0 bridgehead atoms. The van der Waals surface area contributed by atoms with Crippen LogP contribution in [0.15, 0.2) is 52.5 Å². The number of amides is 1. The largest absolute Gasteiger partial charge is 0.507 e. The standard InChI is InChI=1S/C26H23Cl2NO7/c1-5-35-15-9-7-14(8-10-15)29-21(18-11-6-13(2)36-18)19(23(31)26(29)32)22(30)16-12-17(27)25(34-4)20(28)24(16)33-3/h6-12,21,30H,5H2,1-4H3/b22-19+. The SMILES string of the molecule is CCOc1ccc(N2C(=O)C(=O)/C(=C(/O)c3cc(Cl)c(OC)c(Cl)c3OC)C2c2ccc(C)o2)cc1. The quantitative estimate of drug-likeness (QED) is 0.229. The van der Waals surface area contributed by atoms with E-state index in [4.69, 9.17) is 41.8 Å². The zero-order chi connectivity index (χ0) is 26.1. The molecule has 1 fully saturated rings. The zero-order valence-electron chi connectivity index (χ0n) is 19.9. The number of aryl methyl sites for hydroxylation is 1. The smallest absolute Gasteiger partial charge is 0.300 e. The van der Waals surface area contributed by atoms with Crippen LogP contribution in [0.3, 0.4) is 0 Å². The second-order valence-electron chi connectivity index (χ2n) is 7.83. The van der Waals surface area contributed by atoms with Crippen LogP contribution < -0.4 is 19.1 Å². The van der Waals surface area contributed by atoms with Gasteiger partial charge < -0.3 is 23.7 Å². The van der Waals surface area contributed by atoms with Gasteiger partial charge in [0.05, 0.1) is 37.0 Å². The Morgan fingerprint density at radius 1 is 1.06 bits per heavy atom. The second kappa shape index (κ2) is 10.2. The molecule has 1 aliphatic heterocycles. The summed E-state index contributed by atoms with van der Waals surface area (Å²) in [6.07, 6.45) is 0. The molecule has 1 saturated heterocycles. The Labute approximate surface area is 217 Å². The molecule has 188 valence electrons. The van der Waals surface area contributed by atoms with Gasteiger partial charge in [-0.05, 0) is 56.3 Å². The van der Waals surface area contributed by atoms with E-state index in [-0.39, 0.29) is 38.4 Å². The molecule has 0 radical (unpaired) electrons. The number of carbonyl (C=O) groups excluding carboxylic acids is 2. The molecule has 1 aliphatic rings. The van der Waals surface area contributed by atoms with Crippen molar-refractivity contribution in [3.63, 3.8) is 0 Å². The van der Waals surface area contributed by atoms with Crippen molar-refractivity contribution < 1.29 is 33.3 Å². The lowest BCUT2D eigenvalue weighted by molar-refractivity contribution is -0.132. The summed E-state index contributed by atoms with van der Waals surface area (Å²) in [5, 5.41) is 11.5. The fourth-order valence-corrected chi connectivity index (χ4v) is 4.82. The summed E-state index contributed by atoms with van der Waals surface area (Å²) >= 11 is 12.7. The Bertz CT molecular complexity index is 1360. The first-order chi connectivity index (χ1) is 17.2. The maximum atomic E-state index is 13.3. The van der Waals surface area contributed by atoms with Gasteiger partial charge in [0.25, 0.3) is 11.7 Å². The Hall–Kier alpha value is -3.62. The third-order valence-corrected chi connectivity index (χ3v) is 6.32. The molecular weight excluding hydrogens is 509 g/mol. The van der Waals surface area contributed by atoms with E-state index in [2.05, 4.69) is 0 Å². The van der Waals surface area contributed by atoms with Crippen LogP contribution in [0.5, 0.6) is 17.2 Å². The van der Waals surface area contributed by atoms with Crippen molar-refractivity contribution in [3.8, 4) is 17.2 Å². The van der Waals surface area contributed by atoms with Crippen molar-refractivity contribution in [3.05, 3.63) is 75.2 Å². The number of Topliss-reactive ketones (excluding diaryl/α,β-unsaturated/α-hetero) is 1. The second-order valence-corrected chi connectivity index (χ2v) is 8.62. The van der Waals surface area contributed by atoms with Crippen molar-refractivity contribution >= 4 is 46.3 Å². The number of methoxy groups -OCH3 is 2. The molecule has 10 heteroatoms. The van der Waals surface area contributed by atoms with Crippen LogP contribution in [0, 0.1) is 6.92 Å². The minimum Gasteiger partial charge on any atom is -0.507 e. The van der Waals surface area contributed by atoms with Crippen molar-refractivity contribution in [1.82, 2.24) is 0 Å². The van der Waals surface area contributed by atoms with E-state index >= 15 is 0 Å². The number of hydrogen-bond donors (Lipinski definition) is 1. The summed E-state index contributed by atoms with van der Waals surface area (Å²) in [5.74, 6) is -0.659. The third kappa shape index (κ3) is 4.27. The normalized spacial score (nSPS) is 16.9. The summed E-state index contributed by atoms with van der Waals surface area (Å²) in [7, 11) is 2.73. The molecule has 1 atom stereocenters. The maximum Gasteiger partial charge on any atom is 0.300 e. The number of anilines is 1. The highest BCUT2D eigenvalue weighted by Gasteiger charge is 2.48. The van der Waals surface area contributed by atoms with Crippen molar-refractivity contribution in [2.75, 3.05) is 25.7 Å². The topological polar surface area (TPSA) is 98.4 Å². The summed E-state index contributed by atoms with van der Waals surface area (Å²) in [5.41, 5.74) is 0.224. The molecular formula is C26H23Cl2NO7. The van der Waals surface area contributed by atoms with Crippen LogP contribution in [-0.4, -0.2) is 37.6 Å². The molecule has 1 unspecified atom stereocenters. The highest BCUT2D eigenvalue weighted by Crippen LogP contribution is 2.48. The fourth-order valence-electron chi connectivity index (χ4n) is 4.13. The molecule has 1 aromatic heterocycles. The van der Waals surface area contributed by atoms with E-state index in [0.29, 0.717) is 23.8 Å². The van der Waals surface area contributed by atoms with Gasteiger partial charge in [0, 0.05) is 5.69 Å². The zero-order valence-corrected chi connectivity index (χ0v) is 21.4. The Morgan fingerprint density at radius 2 is 1.72 bits per heavy atom. The van der Waals surface area contributed by atoms with E-state index in [1.54, 1.807) is 43.3 Å². The number of nitrogens with zero attached hydrogens (tertiary/aromatic N) is 1. The van der Waals surface area contributed by atoms with Gasteiger partial charge in [0.15, 0.2) is 11.5 Å². The van der Waals surface area contributed by atoms with Gasteiger partial charge in [-0.1, -0.05) is 23.2 Å². The summed E-state index contributed by atoms with van der Waals surface area (Å²) in [6, 6.07) is 10.3. The lowest BCUT2D eigenvalue weighted by atomic mass is 9.98. The van der Waals surface area contributed by atoms with Crippen molar-refractivity contribution in [2.45, 2.75) is 19.9 Å². The highest BCUT2D eigenvalue weighted by molar-refractivity contribution is 6.51. The Kier molecular flexibility index (Phi) is 7.19. The lowest BCUT2D eigenvalue weighted by Gasteiger charge is -2.24. The van der Waals surface area contributed by atoms with E-state index in [0.717, 1.165) is 0 Å². The molecule has 2 heterocycles. The van der Waals surface area contributed by atoms with E-state index in [1.165, 1.54) is 25.2 Å². The van der Waals surface area contributed by atoms with Gasteiger partial charge in [-0.2, -0.15) is 0 Å². The molecule has 0 spiro atoms. The molecule has 0 saturated carbocycles. The van der Waals surface area contributed by atoms with Gasteiger partial charge in [-0.3, -0.25) is 14.5 Å². The number of rotatable bonds is 7. The van der Waals surface area contributed by atoms with Gasteiger partial charge in [0.1, 0.15) is 34.1 Å². The average molecular weight is 532 g/mol. The van der Waals surface area contributed by atoms with Crippen LogP contribution in [0.2, 0.25) is 10.0 Å². The third-order valence-electron chi connectivity index (χ3n) is 5.70. The number of furan rings is 1. The molecule has 3 aromatic rings. The van der Waals surface area contributed by atoms with E-state index in [9.17, 15) is 14.7 Å². The molecule has 4 rings (SSSR count). The predicted octanol–water partition coefficient (Wildman–Crippen LogP) is 5.94. The van der Waals surface area contributed by atoms with Crippen LogP contribution >= 0.6 is 23.2 Å². The number of halogens is 2. The first kappa shape index (κ1) is 25.5. The molecule has 1 amide bonds. The van der Waals surface area contributed by atoms with Gasteiger partial charge >= 0.3 is 0 Å². The van der Waals surface area contributed by atoms with E-state index in [1.807, 2.05) is 6.92 Å². The first-order valence-corrected chi connectivity index (χ1v) is 11.7. The highest BCUT2D eigenvalue weighted by atomic mass is 35.5. The summed E-state index contributed by atoms with van der Waals surface area (Å²) < 4.78 is 21.9. The van der Waals surface area contributed by atoms with Crippen LogP contribution in [0.4, 0.5) is 5.69 Å². The van der Waals surface area contributed by atoms with Crippen LogP contribution in [-0.2, 0) is 9.59 Å². The summed E-state index contributed by atoms with van der Waals surface area (Å²) in [6.45, 7) is 4.07. The number of aliphatic hydroxyl groups is 1. The number of hydrogen-bond acceptors (Lipinski definition) is 7. The monoisotopic (exact) mass is 531 g/mol. The Morgan fingerprint density at radius 3 is 2.28 bits per heavy atom. The van der Waals surface area contributed by atoms with Crippen molar-refractivity contribution in [2.24, 2.45) is 0 Å².